The van der Waals surface area contributed by atoms with Crippen LogP contribution >= 0.6 is 0 Å². The van der Waals surface area contributed by atoms with Gasteiger partial charge in [0, 0.05) is 0 Å². The van der Waals surface area contributed by atoms with E-state index in [0.29, 0.717) is 6.42 Å². The molecule has 0 aliphatic rings. The molecule has 0 aliphatic heterocycles. The molecule has 2 rings (SSSR count). The second kappa shape index (κ2) is 5.30. The van der Waals surface area contributed by atoms with Gasteiger partial charge in [0.05, 0.1) is 24.1 Å². The van der Waals surface area contributed by atoms with Gasteiger partial charge in [-0.25, -0.2) is 4.79 Å². The van der Waals surface area contributed by atoms with Gasteiger partial charge >= 0.3 is 11.7 Å². The number of benzene rings is 1. The van der Waals surface area contributed by atoms with Gasteiger partial charge < -0.3 is 14.7 Å². The van der Waals surface area contributed by atoms with E-state index in [1.807, 2.05) is 32.0 Å². The Morgan fingerprint density at radius 1 is 1.26 bits per heavy atom. The predicted molar refractivity (Wildman–Crippen MR) is 73.0 cm³/mol. The molecule has 5 nitrogen and oxygen atoms in total. The van der Waals surface area contributed by atoms with Gasteiger partial charge in [0.2, 0.25) is 0 Å². The highest BCUT2D eigenvalue weighted by molar-refractivity contribution is 5.76. The molecule has 102 valence electrons. The third kappa shape index (κ3) is 2.86. The second-order valence-corrected chi connectivity index (χ2v) is 5.04. The SMILES string of the molecule is COC(=O)C(Cc1ccc2[nH]c(=O)[nH]c2c1)C(C)C. The Bertz CT molecular complexity index is 639. The number of H-pyrrole nitrogens is 2. The van der Waals surface area contributed by atoms with E-state index in [1.165, 1.54) is 7.11 Å². The van der Waals surface area contributed by atoms with Crippen LogP contribution in [0.25, 0.3) is 11.0 Å². The fourth-order valence-electron chi connectivity index (χ4n) is 2.20. The monoisotopic (exact) mass is 262 g/mol. The molecule has 2 aromatic rings. The number of aromatic nitrogens is 2. The lowest BCUT2D eigenvalue weighted by Crippen LogP contribution is -2.23. The van der Waals surface area contributed by atoms with E-state index in [2.05, 4.69) is 9.97 Å². The lowest BCUT2D eigenvalue weighted by atomic mass is 9.89. The smallest absolute Gasteiger partial charge is 0.323 e. The van der Waals surface area contributed by atoms with Crippen LogP contribution in [-0.4, -0.2) is 23.0 Å². The van der Waals surface area contributed by atoms with Gasteiger partial charge in [-0.2, -0.15) is 0 Å². The first-order valence-electron chi connectivity index (χ1n) is 6.30. The Kier molecular flexibility index (Phi) is 3.74. The molecule has 0 spiro atoms. The van der Waals surface area contributed by atoms with Crippen LogP contribution in [0.5, 0.6) is 0 Å². The van der Waals surface area contributed by atoms with Crippen LogP contribution in [0.15, 0.2) is 23.0 Å². The van der Waals surface area contributed by atoms with Gasteiger partial charge in [-0.3, -0.25) is 4.79 Å². The molecular weight excluding hydrogens is 244 g/mol. The zero-order chi connectivity index (χ0) is 14.0. The number of hydrogen-bond acceptors (Lipinski definition) is 3. The summed E-state index contributed by atoms with van der Waals surface area (Å²) in [6.45, 7) is 4.00. The van der Waals surface area contributed by atoms with Crippen molar-refractivity contribution in [2.75, 3.05) is 7.11 Å². The van der Waals surface area contributed by atoms with E-state index in [-0.39, 0.29) is 23.5 Å². The second-order valence-electron chi connectivity index (χ2n) is 5.04. The normalized spacial score (nSPS) is 12.8. The molecule has 0 fully saturated rings. The standard InChI is InChI=1S/C14H18N2O3/c1-8(2)10(13(17)19-3)6-9-4-5-11-12(7-9)16-14(18)15-11/h4-5,7-8,10H,6H2,1-3H3,(H2,15,16,18). The minimum atomic E-state index is -0.222. The van der Waals surface area contributed by atoms with E-state index < -0.39 is 0 Å². The van der Waals surface area contributed by atoms with Crippen molar-refractivity contribution < 1.29 is 9.53 Å². The maximum atomic E-state index is 11.7. The first-order valence-corrected chi connectivity index (χ1v) is 6.30. The van der Waals surface area contributed by atoms with Crippen LogP contribution in [0.3, 0.4) is 0 Å². The van der Waals surface area contributed by atoms with Crippen molar-refractivity contribution in [1.82, 2.24) is 9.97 Å². The third-order valence-electron chi connectivity index (χ3n) is 3.34. The Morgan fingerprint density at radius 3 is 2.58 bits per heavy atom. The molecule has 1 unspecified atom stereocenters. The van der Waals surface area contributed by atoms with Crippen molar-refractivity contribution in [2.24, 2.45) is 11.8 Å². The number of carbonyl (C=O) groups is 1. The summed E-state index contributed by atoms with van der Waals surface area (Å²) in [6.07, 6.45) is 0.605. The summed E-state index contributed by atoms with van der Waals surface area (Å²) in [6, 6.07) is 5.66. The number of hydrogen-bond donors (Lipinski definition) is 2. The largest absolute Gasteiger partial charge is 0.469 e. The van der Waals surface area contributed by atoms with E-state index in [9.17, 15) is 9.59 Å². The highest BCUT2D eigenvalue weighted by atomic mass is 16.5. The summed E-state index contributed by atoms with van der Waals surface area (Å²) in [7, 11) is 1.41. The van der Waals surface area contributed by atoms with Gasteiger partial charge in [-0.1, -0.05) is 19.9 Å². The summed E-state index contributed by atoms with van der Waals surface area (Å²) >= 11 is 0. The summed E-state index contributed by atoms with van der Waals surface area (Å²) in [5.74, 6) is -0.167. The number of fused-ring (bicyclic) bond motifs is 1. The molecule has 0 aliphatic carbocycles. The van der Waals surface area contributed by atoms with Crippen molar-refractivity contribution in [2.45, 2.75) is 20.3 Å². The maximum Gasteiger partial charge on any atom is 0.323 e. The van der Waals surface area contributed by atoms with Gasteiger partial charge in [-0.15, -0.1) is 0 Å². The van der Waals surface area contributed by atoms with Gasteiger partial charge in [0.15, 0.2) is 0 Å². The molecule has 0 radical (unpaired) electrons. The fourth-order valence-corrected chi connectivity index (χ4v) is 2.20. The van der Waals surface area contributed by atoms with Crippen molar-refractivity contribution >= 4 is 17.0 Å². The number of aromatic amines is 2. The first-order chi connectivity index (χ1) is 9.01. The average molecular weight is 262 g/mol. The number of nitrogens with one attached hydrogen (secondary N) is 2. The zero-order valence-electron chi connectivity index (χ0n) is 11.3. The van der Waals surface area contributed by atoms with Crippen LogP contribution in [0.2, 0.25) is 0 Å². The molecule has 1 heterocycles. The van der Waals surface area contributed by atoms with Gasteiger partial charge in [0.25, 0.3) is 0 Å². The minimum absolute atomic E-state index is 0.173. The Morgan fingerprint density at radius 2 is 1.95 bits per heavy atom. The van der Waals surface area contributed by atoms with Gasteiger partial charge in [0.1, 0.15) is 0 Å². The molecule has 0 saturated carbocycles. The molecule has 0 amide bonds. The van der Waals surface area contributed by atoms with Crippen LogP contribution in [-0.2, 0) is 16.0 Å². The third-order valence-corrected chi connectivity index (χ3v) is 3.34. The molecule has 0 bridgehead atoms. The molecule has 1 aromatic heterocycles. The van der Waals surface area contributed by atoms with Crippen molar-refractivity contribution in [3.8, 4) is 0 Å². The fraction of sp³-hybridized carbons (Fsp3) is 0.429. The summed E-state index contributed by atoms with van der Waals surface area (Å²) in [5, 5.41) is 0. The minimum Gasteiger partial charge on any atom is -0.469 e. The molecule has 0 saturated heterocycles. The Hall–Kier alpha value is -2.04. The number of ether oxygens (including phenoxy) is 1. The van der Waals surface area contributed by atoms with Crippen LogP contribution in [0, 0.1) is 11.8 Å². The molecule has 1 aromatic carbocycles. The topological polar surface area (TPSA) is 75.0 Å². The zero-order valence-corrected chi connectivity index (χ0v) is 11.3. The lowest BCUT2D eigenvalue weighted by Gasteiger charge is -2.18. The number of rotatable bonds is 4. The quantitative estimate of drug-likeness (QED) is 0.826. The highest BCUT2D eigenvalue weighted by Crippen LogP contribution is 2.20. The number of esters is 1. The summed E-state index contributed by atoms with van der Waals surface area (Å²) in [4.78, 5) is 28.3. The van der Waals surface area contributed by atoms with Crippen molar-refractivity contribution in [3.05, 3.63) is 34.2 Å². The van der Waals surface area contributed by atoms with E-state index >= 15 is 0 Å². The first kappa shape index (κ1) is 13.4. The number of methoxy groups -OCH3 is 1. The highest BCUT2D eigenvalue weighted by Gasteiger charge is 2.23. The maximum absolute atomic E-state index is 11.7. The molecule has 1 atom stereocenters. The molecular formula is C14H18N2O3. The van der Waals surface area contributed by atoms with E-state index in [0.717, 1.165) is 16.6 Å². The number of carbonyl (C=O) groups excluding carboxylic acids is 1. The average Bonchev–Trinajstić information content (AvgIpc) is 2.73. The predicted octanol–water partition coefficient (Wildman–Crippen LogP) is 1.84. The van der Waals surface area contributed by atoms with Crippen LogP contribution in [0.4, 0.5) is 0 Å². The van der Waals surface area contributed by atoms with Crippen LogP contribution in [0.1, 0.15) is 19.4 Å². The lowest BCUT2D eigenvalue weighted by molar-refractivity contribution is -0.146. The molecule has 5 heteroatoms. The van der Waals surface area contributed by atoms with Crippen molar-refractivity contribution in [3.63, 3.8) is 0 Å². The van der Waals surface area contributed by atoms with E-state index in [4.69, 9.17) is 4.74 Å². The molecule has 2 N–H and O–H groups in total. The van der Waals surface area contributed by atoms with E-state index in [1.54, 1.807) is 0 Å². The van der Waals surface area contributed by atoms with Crippen molar-refractivity contribution in [1.29, 1.82) is 0 Å². The van der Waals surface area contributed by atoms with Gasteiger partial charge in [-0.05, 0) is 30.0 Å². The summed E-state index contributed by atoms with van der Waals surface area (Å²) < 4.78 is 4.83. The summed E-state index contributed by atoms with van der Waals surface area (Å²) in [5.41, 5.74) is 2.31. The number of imidazole rings is 1. The van der Waals surface area contributed by atoms with Crippen LogP contribution < -0.4 is 5.69 Å². The Balaban J connectivity index is 2.28. The Labute approximate surface area is 111 Å². The molecule has 19 heavy (non-hydrogen) atoms.